The summed E-state index contributed by atoms with van der Waals surface area (Å²) in [5.41, 5.74) is 0. The van der Waals surface area contributed by atoms with Crippen molar-refractivity contribution in [3.63, 3.8) is 0 Å². The van der Waals surface area contributed by atoms with Crippen LogP contribution >= 0.6 is 0 Å². The van der Waals surface area contributed by atoms with Gasteiger partial charge in [0.25, 0.3) is 0 Å². The van der Waals surface area contributed by atoms with Gasteiger partial charge in [-0.1, -0.05) is 0 Å². The van der Waals surface area contributed by atoms with Gasteiger partial charge in [0.2, 0.25) is 0 Å². The standard InChI is InChI=1S/C11H23NO3/c1-9(8-14-2)12-7-11(13)10-3-5-15-6-4-10/h9-13H,3-8H2,1-2H3. The van der Waals surface area contributed by atoms with Crippen molar-refractivity contribution in [2.75, 3.05) is 33.5 Å². The molecule has 0 bridgehead atoms. The molecular formula is C11H23NO3. The maximum Gasteiger partial charge on any atom is 0.0694 e. The summed E-state index contributed by atoms with van der Waals surface area (Å²) in [6.45, 7) is 4.96. The number of aliphatic hydroxyl groups is 1. The van der Waals surface area contributed by atoms with E-state index in [0.717, 1.165) is 26.1 Å². The van der Waals surface area contributed by atoms with E-state index < -0.39 is 0 Å². The Morgan fingerprint density at radius 3 is 2.73 bits per heavy atom. The normalized spacial score (nSPS) is 22.6. The van der Waals surface area contributed by atoms with Crippen LogP contribution in [-0.4, -0.2) is 50.7 Å². The summed E-state index contributed by atoms with van der Waals surface area (Å²) in [5, 5.41) is 13.2. The Hall–Kier alpha value is -0.160. The number of aliphatic hydroxyl groups excluding tert-OH is 1. The van der Waals surface area contributed by atoms with E-state index in [0.29, 0.717) is 25.1 Å². The highest BCUT2D eigenvalue weighted by Crippen LogP contribution is 2.18. The number of nitrogens with one attached hydrogen (secondary N) is 1. The Bertz CT molecular complexity index is 160. The van der Waals surface area contributed by atoms with Crippen molar-refractivity contribution >= 4 is 0 Å². The van der Waals surface area contributed by atoms with Crippen molar-refractivity contribution in [2.45, 2.75) is 31.9 Å². The van der Waals surface area contributed by atoms with E-state index in [1.54, 1.807) is 7.11 Å². The molecule has 0 saturated carbocycles. The summed E-state index contributed by atoms with van der Waals surface area (Å²) in [6.07, 6.45) is 1.69. The third-order valence-electron chi connectivity index (χ3n) is 2.90. The fraction of sp³-hybridized carbons (Fsp3) is 1.00. The third-order valence-corrected chi connectivity index (χ3v) is 2.90. The van der Waals surface area contributed by atoms with E-state index in [-0.39, 0.29) is 6.10 Å². The van der Waals surface area contributed by atoms with Crippen molar-refractivity contribution < 1.29 is 14.6 Å². The topological polar surface area (TPSA) is 50.7 Å². The fourth-order valence-electron chi connectivity index (χ4n) is 1.90. The van der Waals surface area contributed by atoms with Gasteiger partial charge in [0.1, 0.15) is 0 Å². The summed E-state index contributed by atoms with van der Waals surface area (Å²) in [4.78, 5) is 0. The third kappa shape index (κ3) is 4.93. The smallest absolute Gasteiger partial charge is 0.0694 e. The highest BCUT2D eigenvalue weighted by molar-refractivity contribution is 4.74. The van der Waals surface area contributed by atoms with E-state index in [1.165, 1.54) is 0 Å². The Morgan fingerprint density at radius 1 is 1.47 bits per heavy atom. The van der Waals surface area contributed by atoms with Crippen LogP contribution in [0.5, 0.6) is 0 Å². The monoisotopic (exact) mass is 217 g/mol. The van der Waals surface area contributed by atoms with E-state index >= 15 is 0 Å². The van der Waals surface area contributed by atoms with Gasteiger partial charge < -0.3 is 19.9 Å². The molecule has 90 valence electrons. The first kappa shape index (κ1) is 12.9. The van der Waals surface area contributed by atoms with Gasteiger partial charge in [-0.05, 0) is 25.7 Å². The first-order valence-corrected chi connectivity index (χ1v) is 5.72. The second-order valence-electron chi connectivity index (χ2n) is 4.28. The number of ether oxygens (including phenoxy) is 2. The van der Waals surface area contributed by atoms with Gasteiger partial charge in [0.15, 0.2) is 0 Å². The lowest BCUT2D eigenvalue weighted by Gasteiger charge is -2.27. The number of hydrogen-bond acceptors (Lipinski definition) is 4. The van der Waals surface area contributed by atoms with Crippen LogP contribution in [-0.2, 0) is 9.47 Å². The van der Waals surface area contributed by atoms with Gasteiger partial charge in [-0.3, -0.25) is 0 Å². The molecule has 0 radical (unpaired) electrons. The van der Waals surface area contributed by atoms with Crippen molar-refractivity contribution in [1.29, 1.82) is 0 Å². The molecule has 0 amide bonds. The molecule has 1 rings (SSSR count). The largest absolute Gasteiger partial charge is 0.392 e. The lowest BCUT2D eigenvalue weighted by molar-refractivity contribution is 0.00686. The Kier molecular flexibility index (Phi) is 6.17. The molecule has 1 heterocycles. The predicted octanol–water partition coefficient (Wildman–Crippen LogP) is 0.398. The molecule has 0 aromatic heterocycles. The molecule has 0 spiro atoms. The molecule has 0 aromatic rings. The average Bonchev–Trinajstić information content (AvgIpc) is 2.27. The van der Waals surface area contributed by atoms with Crippen molar-refractivity contribution in [2.24, 2.45) is 5.92 Å². The molecule has 1 fully saturated rings. The molecule has 0 aromatic carbocycles. The lowest BCUT2D eigenvalue weighted by atomic mass is 9.94. The molecule has 1 aliphatic heterocycles. The molecule has 2 atom stereocenters. The number of methoxy groups -OCH3 is 1. The molecule has 2 unspecified atom stereocenters. The van der Waals surface area contributed by atoms with Crippen LogP contribution in [0, 0.1) is 5.92 Å². The fourth-order valence-corrected chi connectivity index (χ4v) is 1.90. The first-order valence-electron chi connectivity index (χ1n) is 5.72. The van der Waals surface area contributed by atoms with Crippen LogP contribution in [0.15, 0.2) is 0 Å². The quantitative estimate of drug-likeness (QED) is 0.676. The Labute approximate surface area is 92.0 Å². The van der Waals surface area contributed by atoms with Crippen molar-refractivity contribution in [1.82, 2.24) is 5.32 Å². The summed E-state index contributed by atoms with van der Waals surface area (Å²) in [5.74, 6) is 0.390. The summed E-state index contributed by atoms with van der Waals surface area (Å²) in [7, 11) is 1.69. The Balaban J connectivity index is 2.13. The van der Waals surface area contributed by atoms with E-state index in [9.17, 15) is 5.11 Å². The number of hydrogen-bond donors (Lipinski definition) is 2. The van der Waals surface area contributed by atoms with Crippen LogP contribution in [0.2, 0.25) is 0 Å². The zero-order valence-corrected chi connectivity index (χ0v) is 9.74. The number of rotatable bonds is 6. The lowest BCUT2D eigenvalue weighted by Crippen LogP contribution is -2.40. The molecule has 1 aliphatic rings. The van der Waals surface area contributed by atoms with Gasteiger partial charge in [-0.2, -0.15) is 0 Å². The van der Waals surface area contributed by atoms with Crippen LogP contribution in [0.25, 0.3) is 0 Å². The van der Waals surface area contributed by atoms with Crippen LogP contribution in [0.3, 0.4) is 0 Å². The van der Waals surface area contributed by atoms with Crippen molar-refractivity contribution in [3.8, 4) is 0 Å². The maximum absolute atomic E-state index is 9.93. The summed E-state index contributed by atoms with van der Waals surface area (Å²) < 4.78 is 10.3. The predicted molar refractivity (Wildman–Crippen MR) is 58.9 cm³/mol. The summed E-state index contributed by atoms with van der Waals surface area (Å²) >= 11 is 0. The van der Waals surface area contributed by atoms with E-state index in [1.807, 2.05) is 0 Å². The summed E-state index contributed by atoms with van der Waals surface area (Å²) in [6, 6.07) is 0.296. The molecule has 4 nitrogen and oxygen atoms in total. The van der Waals surface area contributed by atoms with Crippen LogP contribution in [0.1, 0.15) is 19.8 Å². The van der Waals surface area contributed by atoms with Gasteiger partial charge in [-0.15, -0.1) is 0 Å². The SMILES string of the molecule is COCC(C)NCC(O)C1CCOCC1. The zero-order chi connectivity index (χ0) is 11.1. The minimum Gasteiger partial charge on any atom is -0.392 e. The first-order chi connectivity index (χ1) is 7.24. The van der Waals surface area contributed by atoms with Crippen LogP contribution < -0.4 is 5.32 Å². The molecular weight excluding hydrogens is 194 g/mol. The van der Waals surface area contributed by atoms with Gasteiger partial charge in [0.05, 0.1) is 12.7 Å². The van der Waals surface area contributed by atoms with Gasteiger partial charge in [-0.25, -0.2) is 0 Å². The van der Waals surface area contributed by atoms with Gasteiger partial charge >= 0.3 is 0 Å². The highest BCUT2D eigenvalue weighted by Gasteiger charge is 2.22. The minimum absolute atomic E-state index is 0.256. The molecule has 1 saturated heterocycles. The Morgan fingerprint density at radius 2 is 2.13 bits per heavy atom. The van der Waals surface area contributed by atoms with E-state index in [2.05, 4.69) is 12.2 Å². The highest BCUT2D eigenvalue weighted by atomic mass is 16.5. The average molecular weight is 217 g/mol. The molecule has 15 heavy (non-hydrogen) atoms. The second kappa shape index (κ2) is 7.17. The molecule has 4 heteroatoms. The maximum atomic E-state index is 9.93. The molecule has 2 N–H and O–H groups in total. The molecule has 0 aliphatic carbocycles. The van der Waals surface area contributed by atoms with E-state index in [4.69, 9.17) is 9.47 Å². The van der Waals surface area contributed by atoms with Crippen molar-refractivity contribution in [3.05, 3.63) is 0 Å². The second-order valence-corrected chi connectivity index (χ2v) is 4.28. The van der Waals surface area contributed by atoms with Crippen LogP contribution in [0.4, 0.5) is 0 Å². The minimum atomic E-state index is -0.256. The van der Waals surface area contributed by atoms with Gasteiger partial charge in [0, 0.05) is 32.9 Å². The zero-order valence-electron chi connectivity index (χ0n) is 9.74.